The summed E-state index contributed by atoms with van der Waals surface area (Å²) in [6.45, 7) is 3.25. The summed E-state index contributed by atoms with van der Waals surface area (Å²) in [4.78, 5) is 44.4. The lowest BCUT2D eigenvalue weighted by Gasteiger charge is -2.26. The first-order valence-electron chi connectivity index (χ1n) is 9.45. The monoisotopic (exact) mass is 448 g/mol. The molecule has 4 rings (SSSR count). The molecule has 2 aromatic heterocycles. The Morgan fingerprint density at radius 1 is 1.26 bits per heavy atom. The van der Waals surface area contributed by atoms with Gasteiger partial charge in [0.1, 0.15) is 23.0 Å². The van der Waals surface area contributed by atoms with Gasteiger partial charge in [-0.2, -0.15) is 0 Å². The summed E-state index contributed by atoms with van der Waals surface area (Å²) in [6.07, 6.45) is 1.28. The van der Waals surface area contributed by atoms with Crippen LogP contribution in [0.1, 0.15) is 15.2 Å². The molecule has 0 aliphatic carbocycles. The van der Waals surface area contributed by atoms with E-state index in [0.29, 0.717) is 42.8 Å². The van der Waals surface area contributed by atoms with E-state index in [1.54, 1.807) is 11.8 Å². The highest BCUT2D eigenvalue weighted by Crippen LogP contribution is 2.28. The molecule has 1 aliphatic heterocycles. The standard InChI is InChI=1S/C20H18F2N4O4S/c1-11-16-19(31-17(11)18(28)24-14-3-2-12(21)8-13(14)22)23-10-26(20(16)29)9-15(27)25-4-6-30-7-5-25/h2-3,8,10H,4-7,9H2,1H3,(H,24,28). The second-order valence-electron chi connectivity index (χ2n) is 6.99. The van der Waals surface area contributed by atoms with Gasteiger partial charge < -0.3 is 15.0 Å². The number of hydrogen-bond acceptors (Lipinski definition) is 6. The predicted octanol–water partition coefficient (Wildman–Crippen LogP) is 2.16. The smallest absolute Gasteiger partial charge is 0.266 e. The molecule has 0 radical (unpaired) electrons. The second kappa shape index (κ2) is 8.52. The Kier molecular flexibility index (Phi) is 5.79. The van der Waals surface area contributed by atoms with Crippen molar-refractivity contribution in [3.8, 4) is 0 Å². The van der Waals surface area contributed by atoms with Gasteiger partial charge in [-0.25, -0.2) is 13.8 Å². The van der Waals surface area contributed by atoms with Gasteiger partial charge in [0.25, 0.3) is 11.5 Å². The van der Waals surface area contributed by atoms with Crippen molar-refractivity contribution in [1.82, 2.24) is 14.5 Å². The molecule has 1 fully saturated rings. The summed E-state index contributed by atoms with van der Waals surface area (Å²) in [7, 11) is 0. The number of carbonyl (C=O) groups is 2. The van der Waals surface area contributed by atoms with Crippen molar-refractivity contribution in [3.05, 3.63) is 57.0 Å². The maximum atomic E-state index is 13.9. The Balaban J connectivity index is 1.61. The number of morpholine rings is 1. The van der Waals surface area contributed by atoms with Crippen LogP contribution in [0.15, 0.2) is 29.3 Å². The molecule has 11 heteroatoms. The molecule has 2 amide bonds. The fourth-order valence-corrected chi connectivity index (χ4v) is 4.35. The first-order valence-corrected chi connectivity index (χ1v) is 10.3. The Morgan fingerprint density at radius 2 is 2.00 bits per heavy atom. The molecule has 1 aromatic carbocycles. The number of fused-ring (bicyclic) bond motifs is 1. The van der Waals surface area contributed by atoms with Crippen molar-refractivity contribution in [2.24, 2.45) is 0 Å². The lowest BCUT2D eigenvalue weighted by atomic mass is 10.2. The molecule has 0 spiro atoms. The van der Waals surface area contributed by atoms with Crippen LogP contribution in [0.3, 0.4) is 0 Å². The lowest BCUT2D eigenvalue weighted by Crippen LogP contribution is -2.43. The Hall–Kier alpha value is -3.18. The molecular weight excluding hydrogens is 430 g/mol. The molecule has 31 heavy (non-hydrogen) atoms. The maximum Gasteiger partial charge on any atom is 0.266 e. The molecule has 1 saturated heterocycles. The van der Waals surface area contributed by atoms with Gasteiger partial charge in [-0.05, 0) is 24.6 Å². The minimum atomic E-state index is -0.908. The quantitative estimate of drug-likeness (QED) is 0.660. The average Bonchev–Trinajstić information content (AvgIpc) is 3.10. The SMILES string of the molecule is Cc1c(C(=O)Nc2ccc(F)cc2F)sc2ncn(CC(=O)N3CCOCC3)c(=O)c12. The molecule has 8 nitrogen and oxygen atoms in total. The normalized spacial score (nSPS) is 14.1. The van der Waals surface area contributed by atoms with Crippen LogP contribution in [-0.2, 0) is 16.1 Å². The summed E-state index contributed by atoms with van der Waals surface area (Å²) < 4.78 is 33.4. The number of nitrogens with zero attached hydrogens (tertiary/aromatic N) is 3. The van der Waals surface area contributed by atoms with E-state index >= 15 is 0 Å². The van der Waals surface area contributed by atoms with Crippen LogP contribution in [0.4, 0.5) is 14.5 Å². The van der Waals surface area contributed by atoms with E-state index in [2.05, 4.69) is 10.3 Å². The van der Waals surface area contributed by atoms with E-state index in [9.17, 15) is 23.2 Å². The van der Waals surface area contributed by atoms with E-state index in [4.69, 9.17) is 4.74 Å². The van der Waals surface area contributed by atoms with Crippen molar-refractivity contribution >= 4 is 39.1 Å². The Labute approximate surface area is 179 Å². The zero-order chi connectivity index (χ0) is 22.1. The average molecular weight is 448 g/mol. The molecule has 0 unspecified atom stereocenters. The number of anilines is 1. The van der Waals surface area contributed by atoms with E-state index in [1.807, 2.05) is 0 Å². The summed E-state index contributed by atoms with van der Waals surface area (Å²) in [5, 5.41) is 2.61. The third-order valence-corrected chi connectivity index (χ3v) is 6.17. The van der Waals surface area contributed by atoms with Gasteiger partial charge in [-0.1, -0.05) is 0 Å². The minimum Gasteiger partial charge on any atom is -0.378 e. The highest BCUT2D eigenvalue weighted by Gasteiger charge is 2.22. The Morgan fingerprint density at radius 3 is 2.71 bits per heavy atom. The lowest BCUT2D eigenvalue weighted by molar-refractivity contribution is -0.135. The van der Waals surface area contributed by atoms with Gasteiger partial charge in [-0.15, -0.1) is 11.3 Å². The van der Waals surface area contributed by atoms with Crippen LogP contribution in [0.25, 0.3) is 10.2 Å². The third-order valence-electron chi connectivity index (χ3n) is 4.97. The molecular formula is C20H18F2N4O4S. The number of aromatic nitrogens is 2. The van der Waals surface area contributed by atoms with Gasteiger partial charge in [0.2, 0.25) is 5.91 Å². The molecule has 0 bridgehead atoms. The number of rotatable bonds is 4. The number of hydrogen-bond donors (Lipinski definition) is 1. The fraction of sp³-hybridized carbons (Fsp3) is 0.300. The first kappa shape index (κ1) is 21.1. The van der Waals surface area contributed by atoms with Crippen LogP contribution < -0.4 is 10.9 Å². The van der Waals surface area contributed by atoms with Crippen LogP contribution in [0, 0.1) is 18.6 Å². The first-order chi connectivity index (χ1) is 14.8. The third kappa shape index (κ3) is 4.19. The molecule has 0 saturated carbocycles. The highest BCUT2D eigenvalue weighted by molar-refractivity contribution is 7.20. The van der Waals surface area contributed by atoms with Crippen LogP contribution >= 0.6 is 11.3 Å². The van der Waals surface area contributed by atoms with Crippen molar-refractivity contribution in [1.29, 1.82) is 0 Å². The van der Waals surface area contributed by atoms with E-state index < -0.39 is 23.1 Å². The number of thiophene rings is 1. The second-order valence-corrected chi connectivity index (χ2v) is 7.98. The Bertz CT molecular complexity index is 1230. The summed E-state index contributed by atoms with van der Waals surface area (Å²) in [5.74, 6) is -2.52. The van der Waals surface area contributed by atoms with Crippen molar-refractivity contribution in [2.45, 2.75) is 13.5 Å². The molecule has 3 aromatic rings. The van der Waals surface area contributed by atoms with Gasteiger partial charge in [-0.3, -0.25) is 19.0 Å². The molecule has 162 valence electrons. The number of nitrogens with one attached hydrogen (secondary N) is 1. The van der Waals surface area contributed by atoms with Crippen LogP contribution in [0.2, 0.25) is 0 Å². The van der Waals surface area contributed by atoms with E-state index in [-0.39, 0.29) is 28.4 Å². The predicted molar refractivity (Wildman–Crippen MR) is 110 cm³/mol. The number of benzene rings is 1. The van der Waals surface area contributed by atoms with Crippen LogP contribution in [-0.4, -0.2) is 52.6 Å². The zero-order valence-corrected chi connectivity index (χ0v) is 17.3. The number of ether oxygens (including phenoxy) is 1. The molecule has 1 aliphatic rings. The summed E-state index contributed by atoms with van der Waals surface area (Å²) in [6, 6.07) is 2.81. The summed E-state index contributed by atoms with van der Waals surface area (Å²) >= 11 is 0.985. The van der Waals surface area contributed by atoms with Crippen molar-refractivity contribution in [2.75, 3.05) is 31.6 Å². The highest BCUT2D eigenvalue weighted by atomic mass is 32.1. The van der Waals surface area contributed by atoms with E-state index in [0.717, 1.165) is 23.5 Å². The number of carbonyl (C=O) groups excluding carboxylic acids is 2. The number of halogens is 2. The van der Waals surface area contributed by atoms with Crippen LogP contribution in [0.5, 0.6) is 0 Å². The van der Waals surface area contributed by atoms with Gasteiger partial charge in [0.15, 0.2) is 0 Å². The maximum absolute atomic E-state index is 13.9. The molecule has 3 heterocycles. The topological polar surface area (TPSA) is 93.5 Å². The number of amides is 2. The van der Waals surface area contributed by atoms with Crippen molar-refractivity contribution in [3.63, 3.8) is 0 Å². The molecule has 0 atom stereocenters. The van der Waals surface area contributed by atoms with Crippen molar-refractivity contribution < 1.29 is 23.1 Å². The van der Waals surface area contributed by atoms with Gasteiger partial charge in [0, 0.05) is 19.2 Å². The minimum absolute atomic E-state index is 0.167. The zero-order valence-electron chi connectivity index (χ0n) is 16.5. The van der Waals surface area contributed by atoms with E-state index in [1.165, 1.54) is 10.9 Å². The fourth-order valence-electron chi connectivity index (χ4n) is 3.32. The van der Waals surface area contributed by atoms with Gasteiger partial charge in [0.05, 0.1) is 35.5 Å². The van der Waals surface area contributed by atoms with Gasteiger partial charge >= 0.3 is 0 Å². The summed E-state index contributed by atoms with van der Waals surface area (Å²) in [5.41, 5.74) is -0.234. The molecule has 1 N–H and O–H groups in total. The number of aryl methyl sites for hydroxylation is 1. The largest absolute Gasteiger partial charge is 0.378 e.